The summed E-state index contributed by atoms with van der Waals surface area (Å²) in [6.45, 7) is 1.85. The molecule has 0 saturated carbocycles. The fraction of sp³-hybridized carbons (Fsp3) is 0.300. The minimum absolute atomic E-state index is 0.205. The summed E-state index contributed by atoms with van der Waals surface area (Å²) in [4.78, 5) is 12.1. The van der Waals surface area contributed by atoms with Crippen molar-refractivity contribution in [3.05, 3.63) is 54.2 Å². The molecule has 4 rings (SSSR count). The number of hydrogen-bond acceptors (Lipinski definition) is 4. The fourth-order valence-corrected chi connectivity index (χ4v) is 3.05. The van der Waals surface area contributed by atoms with E-state index in [0.717, 1.165) is 47.4 Å². The topological polar surface area (TPSA) is 88.3 Å². The Hall–Kier alpha value is -3.06. The van der Waals surface area contributed by atoms with Gasteiger partial charge in [-0.05, 0) is 48.7 Å². The van der Waals surface area contributed by atoms with Gasteiger partial charge in [0.25, 0.3) is 0 Å². The summed E-state index contributed by atoms with van der Waals surface area (Å²) in [5.41, 5.74) is 2.65. The maximum absolute atomic E-state index is 12.1. The van der Waals surface area contributed by atoms with Gasteiger partial charge in [0, 0.05) is 24.2 Å². The number of nitrogens with zero attached hydrogens (tertiary/aromatic N) is 1. The lowest BCUT2D eigenvalue weighted by atomic mass is 10.2. The first-order valence-electron chi connectivity index (χ1n) is 9.07. The van der Waals surface area contributed by atoms with Gasteiger partial charge in [0.05, 0.1) is 17.8 Å². The Balaban J connectivity index is 1.24. The maximum atomic E-state index is 12.1. The van der Waals surface area contributed by atoms with Gasteiger partial charge in [0.15, 0.2) is 0 Å². The number of hydrogen-bond donors (Lipinski definition) is 3. The van der Waals surface area contributed by atoms with Gasteiger partial charge in [-0.3, -0.25) is 5.10 Å². The SMILES string of the molecule is O=C(NCc1ccc(OCC2CCCO2)cc1)Nc1ccc2[nH]ncc2c1. The number of urea groups is 1. The largest absolute Gasteiger partial charge is 0.491 e. The van der Waals surface area contributed by atoms with Crippen LogP contribution in [-0.2, 0) is 11.3 Å². The molecule has 1 aliphatic rings. The minimum atomic E-state index is -0.253. The second-order valence-electron chi connectivity index (χ2n) is 6.57. The van der Waals surface area contributed by atoms with Crippen LogP contribution >= 0.6 is 0 Å². The number of H-pyrrole nitrogens is 1. The number of anilines is 1. The van der Waals surface area contributed by atoms with Crippen LogP contribution in [0.5, 0.6) is 5.75 Å². The van der Waals surface area contributed by atoms with E-state index in [-0.39, 0.29) is 12.1 Å². The molecule has 1 unspecified atom stereocenters. The van der Waals surface area contributed by atoms with Crippen LogP contribution in [0.1, 0.15) is 18.4 Å². The first-order valence-corrected chi connectivity index (χ1v) is 9.07. The Bertz CT molecular complexity index is 901. The van der Waals surface area contributed by atoms with E-state index in [1.165, 1.54) is 0 Å². The molecule has 1 saturated heterocycles. The number of fused-ring (bicyclic) bond motifs is 1. The van der Waals surface area contributed by atoms with Crippen molar-refractivity contribution >= 4 is 22.6 Å². The van der Waals surface area contributed by atoms with Crippen molar-refractivity contribution in [1.82, 2.24) is 15.5 Å². The highest BCUT2D eigenvalue weighted by Crippen LogP contribution is 2.18. The summed E-state index contributed by atoms with van der Waals surface area (Å²) in [7, 11) is 0. The predicted molar refractivity (Wildman–Crippen MR) is 103 cm³/mol. The molecule has 1 fully saturated rings. The Morgan fingerprint density at radius 3 is 2.96 bits per heavy atom. The van der Waals surface area contributed by atoms with E-state index >= 15 is 0 Å². The molecule has 2 amide bonds. The lowest BCUT2D eigenvalue weighted by Crippen LogP contribution is -2.28. The molecule has 0 bridgehead atoms. The second-order valence-corrected chi connectivity index (χ2v) is 6.57. The van der Waals surface area contributed by atoms with Crippen LogP contribution in [0.4, 0.5) is 10.5 Å². The van der Waals surface area contributed by atoms with Crippen molar-refractivity contribution in [2.75, 3.05) is 18.5 Å². The van der Waals surface area contributed by atoms with E-state index in [2.05, 4.69) is 20.8 Å². The smallest absolute Gasteiger partial charge is 0.319 e. The van der Waals surface area contributed by atoms with Crippen LogP contribution in [-0.4, -0.2) is 35.5 Å². The third-order valence-corrected chi connectivity index (χ3v) is 4.53. The third kappa shape index (κ3) is 4.57. The number of aromatic amines is 1. The second kappa shape index (κ2) is 8.09. The van der Waals surface area contributed by atoms with Gasteiger partial charge in [-0.1, -0.05) is 12.1 Å². The van der Waals surface area contributed by atoms with Crippen molar-refractivity contribution in [1.29, 1.82) is 0 Å². The molecule has 0 radical (unpaired) electrons. The quantitative estimate of drug-likeness (QED) is 0.623. The molecule has 140 valence electrons. The fourth-order valence-electron chi connectivity index (χ4n) is 3.05. The normalized spacial score (nSPS) is 16.4. The van der Waals surface area contributed by atoms with Gasteiger partial charge in [-0.15, -0.1) is 0 Å². The van der Waals surface area contributed by atoms with Crippen LogP contribution in [0.15, 0.2) is 48.7 Å². The average molecular weight is 366 g/mol. The molecule has 7 heteroatoms. The summed E-state index contributed by atoms with van der Waals surface area (Å²) in [6.07, 6.45) is 4.10. The minimum Gasteiger partial charge on any atom is -0.491 e. The highest BCUT2D eigenvalue weighted by Gasteiger charge is 2.15. The van der Waals surface area contributed by atoms with Crippen molar-refractivity contribution in [3.63, 3.8) is 0 Å². The lowest BCUT2D eigenvalue weighted by Gasteiger charge is -2.12. The molecule has 1 aromatic heterocycles. The van der Waals surface area contributed by atoms with Crippen LogP contribution < -0.4 is 15.4 Å². The summed E-state index contributed by atoms with van der Waals surface area (Å²) < 4.78 is 11.3. The molecule has 0 spiro atoms. The zero-order valence-electron chi connectivity index (χ0n) is 14.9. The van der Waals surface area contributed by atoms with Crippen molar-refractivity contribution in [2.24, 2.45) is 0 Å². The van der Waals surface area contributed by atoms with Gasteiger partial charge >= 0.3 is 6.03 Å². The van der Waals surface area contributed by atoms with E-state index in [4.69, 9.17) is 9.47 Å². The Morgan fingerprint density at radius 1 is 1.26 bits per heavy atom. The van der Waals surface area contributed by atoms with Crippen LogP contribution in [0.25, 0.3) is 10.9 Å². The zero-order valence-corrected chi connectivity index (χ0v) is 14.9. The molecule has 3 N–H and O–H groups in total. The predicted octanol–water partition coefficient (Wildman–Crippen LogP) is 3.44. The Kier molecular flexibility index (Phi) is 5.20. The van der Waals surface area contributed by atoms with Gasteiger partial charge in [0.1, 0.15) is 12.4 Å². The van der Waals surface area contributed by atoms with Crippen molar-refractivity contribution < 1.29 is 14.3 Å². The summed E-state index contributed by atoms with van der Waals surface area (Å²) in [5.74, 6) is 0.812. The van der Waals surface area contributed by atoms with Crippen molar-refractivity contribution in [3.8, 4) is 5.75 Å². The number of rotatable bonds is 6. The molecule has 1 aliphatic heterocycles. The number of nitrogens with one attached hydrogen (secondary N) is 3. The number of ether oxygens (including phenoxy) is 2. The van der Waals surface area contributed by atoms with Crippen LogP contribution in [0.2, 0.25) is 0 Å². The molecule has 27 heavy (non-hydrogen) atoms. The molecular weight excluding hydrogens is 344 g/mol. The zero-order chi connectivity index (χ0) is 18.5. The standard InChI is InChI=1S/C20H22N4O3/c25-20(23-16-5-8-19-15(10-16)12-22-24-19)21-11-14-3-6-17(7-4-14)27-13-18-2-1-9-26-18/h3-8,10,12,18H,1-2,9,11,13H2,(H,22,24)(H2,21,23,25). The highest BCUT2D eigenvalue weighted by molar-refractivity contribution is 5.92. The molecule has 1 atom stereocenters. The Labute approximate surface area is 157 Å². The molecule has 3 aromatic rings. The van der Waals surface area contributed by atoms with E-state index in [0.29, 0.717) is 13.2 Å². The molecule has 2 aromatic carbocycles. The molecule has 7 nitrogen and oxygen atoms in total. The first kappa shape index (κ1) is 17.4. The first-order chi connectivity index (χ1) is 13.3. The highest BCUT2D eigenvalue weighted by atomic mass is 16.5. The monoisotopic (exact) mass is 366 g/mol. The summed E-state index contributed by atoms with van der Waals surface area (Å²) in [5, 5.41) is 13.5. The molecular formula is C20H22N4O3. The molecule has 2 heterocycles. The van der Waals surface area contributed by atoms with E-state index < -0.39 is 0 Å². The average Bonchev–Trinajstić information content (AvgIpc) is 3.37. The summed E-state index contributed by atoms with van der Waals surface area (Å²) in [6, 6.07) is 13.1. The number of carbonyl (C=O) groups excluding carboxylic acids is 1. The van der Waals surface area contributed by atoms with Gasteiger partial charge in [-0.2, -0.15) is 5.10 Å². The lowest BCUT2D eigenvalue weighted by molar-refractivity contribution is 0.0679. The van der Waals surface area contributed by atoms with Crippen LogP contribution in [0, 0.1) is 0 Å². The summed E-state index contributed by atoms with van der Waals surface area (Å²) >= 11 is 0. The van der Waals surface area contributed by atoms with Gasteiger partial charge in [0.2, 0.25) is 0 Å². The van der Waals surface area contributed by atoms with E-state index in [1.807, 2.05) is 42.5 Å². The van der Waals surface area contributed by atoms with Gasteiger partial charge < -0.3 is 20.1 Å². The molecule has 0 aliphatic carbocycles. The van der Waals surface area contributed by atoms with Crippen LogP contribution in [0.3, 0.4) is 0 Å². The van der Waals surface area contributed by atoms with Gasteiger partial charge in [-0.25, -0.2) is 4.79 Å². The number of aromatic nitrogens is 2. The Morgan fingerprint density at radius 2 is 2.15 bits per heavy atom. The maximum Gasteiger partial charge on any atom is 0.319 e. The van der Waals surface area contributed by atoms with E-state index in [9.17, 15) is 4.79 Å². The number of carbonyl (C=O) groups is 1. The number of benzene rings is 2. The number of amides is 2. The third-order valence-electron chi connectivity index (χ3n) is 4.53. The van der Waals surface area contributed by atoms with Crippen molar-refractivity contribution in [2.45, 2.75) is 25.5 Å². The van der Waals surface area contributed by atoms with E-state index in [1.54, 1.807) is 6.20 Å².